The highest BCUT2D eigenvalue weighted by atomic mass is 32.1. The van der Waals surface area contributed by atoms with E-state index in [-0.39, 0.29) is 12.1 Å². The number of aryl methyl sites for hydroxylation is 1. The zero-order valence-electron chi connectivity index (χ0n) is 8.92. The Labute approximate surface area is 93.6 Å². The molecular weight excluding hydrogens is 206 g/mol. The highest BCUT2D eigenvalue weighted by Gasteiger charge is 2.20. The third kappa shape index (κ3) is 1.96. The third-order valence-electron chi connectivity index (χ3n) is 2.49. The zero-order valence-corrected chi connectivity index (χ0v) is 9.74. The first-order chi connectivity index (χ1) is 7.20. The minimum Gasteiger partial charge on any atom is -0.326 e. The average molecular weight is 221 g/mol. The maximum absolute atomic E-state index is 6.05. The van der Waals surface area contributed by atoms with Crippen molar-refractivity contribution in [3.63, 3.8) is 0 Å². The molecule has 2 heterocycles. The Morgan fingerprint density at radius 1 is 1.53 bits per heavy atom. The largest absolute Gasteiger partial charge is 0.326 e. The summed E-state index contributed by atoms with van der Waals surface area (Å²) in [5.41, 5.74) is 6.05. The maximum Gasteiger partial charge on any atom is 0.106 e. The maximum atomic E-state index is 6.05. The van der Waals surface area contributed by atoms with Crippen molar-refractivity contribution in [2.45, 2.75) is 25.9 Å². The van der Waals surface area contributed by atoms with E-state index in [0.29, 0.717) is 0 Å². The molecule has 0 bridgehead atoms. The molecule has 0 saturated heterocycles. The molecule has 2 aromatic heterocycles. The number of rotatable bonds is 3. The number of nitrogens with zero attached hydrogens (tertiary/aromatic N) is 2. The van der Waals surface area contributed by atoms with Gasteiger partial charge < -0.3 is 10.3 Å². The fourth-order valence-electron chi connectivity index (χ4n) is 1.79. The van der Waals surface area contributed by atoms with Crippen LogP contribution in [0.15, 0.2) is 29.9 Å². The first-order valence-corrected chi connectivity index (χ1v) is 5.86. The molecule has 0 saturated carbocycles. The van der Waals surface area contributed by atoms with E-state index < -0.39 is 0 Å². The van der Waals surface area contributed by atoms with Crippen molar-refractivity contribution < 1.29 is 0 Å². The molecule has 0 aliphatic carbocycles. The van der Waals surface area contributed by atoms with Crippen molar-refractivity contribution >= 4 is 11.3 Å². The lowest BCUT2D eigenvalue weighted by molar-refractivity contribution is 0.493. The van der Waals surface area contributed by atoms with Crippen LogP contribution in [0.5, 0.6) is 0 Å². The van der Waals surface area contributed by atoms with Crippen molar-refractivity contribution in [3.05, 3.63) is 40.6 Å². The summed E-state index contributed by atoms with van der Waals surface area (Å²) in [7, 11) is 0. The number of thiophene rings is 1. The quantitative estimate of drug-likeness (QED) is 0.863. The van der Waals surface area contributed by atoms with Crippen molar-refractivity contribution in [1.29, 1.82) is 0 Å². The summed E-state index contributed by atoms with van der Waals surface area (Å²) in [5, 5.41) is 2.08. The predicted molar refractivity (Wildman–Crippen MR) is 63.1 cm³/mol. The van der Waals surface area contributed by atoms with Crippen LogP contribution in [0, 0.1) is 6.92 Å². The third-order valence-corrected chi connectivity index (χ3v) is 3.44. The Morgan fingerprint density at radius 2 is 2.33 bits per heavy atom. The van der Waals surface area contributed by atoms with E-state index in [1.54, 1.807) is 11.3 Å². The molecule has 0 spiro atoms. The van der Waals surface area contributed by atoms with Crippen LogP contribution in [0.3, 0.4) is 0 Å². The summed E-state index contributed by atoms with van der Waals surface area (Å²) < 4.78 is 2.14. The van der Waals surface area contributed by atoms with Crippen LogP contribution in [-0.4, -0.2) is 15.6 Å². The first-order valence-electron chi connectivity index (χ1n) is 4.98. The molecular formula is C11H15N3S. The summed E-state index contributed by atoms with van der Waals surface area (Å²) in [4.78, 5) is 5.53. The number of aromatic nitrogens is 2. The van der Waals surface area contributed by atoms with Crippen molar-refractivity contribution in [2.24, 2.45) is 5.73 Å². The Kier molecular flexibility index (Phi) is 2.88. The summed E-state index contributed by atoms with van der Waals surface area (Å²) >= 11 is 1.74. The van der Waals surface area contributed by atoms with Crippen LogP contribution in [-0.2, 0) is 0 Å². The van der Waals surface area contributed by atoms with Gasteiger partial charge in [-0.1, -0.05) is 6.07 Å². The van der Waals surface area contributed by atoms with Gasteiger partial charge in [0.1, 0.15) is 5.82 Å². The summed E-state index contributed by atoms with van der Waals surface area (Å²) in [6.45, 7) is 4.03. The molecule has 2 aromatic rings. The summed E-state index contributed by atoms with van der Waals surface area (Å²) in [5.74, 6) is 1.01. The van der Waals surface area contributed by atoms with E-state index in [2.05, 4.69) is 27.1 Å². The number of imidazole rings is 1. The number of hydrogen-bond donors (Lipinski definition) is 1. The van der Waals surface area contributed by atoms with Gasteiger partial charge in [0.25, 0.3) is 0 Å². The fourth-order valence-corrected chi connectivity index (χ4v) is 2.73. The minimum atomic E-state index is 0.0801. The zero-order chi connectivity index (χ0) is 10.8. The molecule has 0 amide bonds. The normalized spacial score (nSPS) is 15.1. The highest BCUT2D eigenvalue weighted by molar-refractivity contribution is 7.10. The molecule has 2 rings (SSSR count). The SMILES string of the molecule is Cc1nccn1C(c1cccs1)C(C)N. The Bertz CT molecular complexity index is 417. The monoisotopic (exact) mass is 221 g/mol. The molecule has 3 nitrogen and oxygen atoms in total. The van der Waals surface area contributed by atoms with Gasteiger partial charge in [0.2, 0.25) is 0 Å². The van der Waals surface area contributed by atoms with Gasteiger partial charge >= 0.3 is 0 Å². The lowest BCUT2D eigenvalue weighted by Gasteiger charge is -2.22. The van der Waals surface area contributed by atoms with Gasteiger partial charge in [0, 0.05) is 23.3 Å². The molecule has 15 heavy (non-hydrogen) atoms. The summed E-state index contributed by atoms with van der Waals surface area (Å²) in [6, 6.07) is 4.46. The molecule has 0 aliphatic rings. The van der Waals surface area contributed by atoms with Crippen LogP contribution in [0.2, 0.25) is 0 Å². The van der Waals surface area contributed by atoms with E-state index in [0.717, 1.165) is 5.82 Å². The first kappa shape index (κ1) is 10.4. The topological polar surface area (TPSA) is 43.8 Å². The number of nitrogens with two attached hydrogens (primary N) is 1. The molecule has 80 valence electrons. The van der Waals surface area contributed by atoms with Crippen LogP contribution < -0.4 is 5.73 Å². The second kappa shape index (κ2) is 4.16. The number of hydrogen-bond acceptors (Lipinski definition) is 3. The van der Waals surface area contributed by atoms with Crippen LogP contribution in [0.25, 0.3) is 0 Å². The fraction of sp³-hybridized carbons (Fsp3) is 0.364. The van der Waals surface area contributed by atoms with Crippen LogP contribution in [0.1, 0.15) is 23.7 Å². The second-order valence-electron chi connectivity index (χ2n) is 3.70. The Hall–Kier alpha value is -1.13. The smallest absolute Gasteiger partial charge is 0.106 e. The lowest BCUT2D eigenvalue weighted by atomic mass is 10.1. The molecule has 2 atom stereocenters. The Morgan fingerprint density at radius 3 is 2.80 bits per heavy atom. The van der Waals surface area contributed by atoms with Crippen LogP contribution in [0.4, 0.5) is 0 Å². The van der Waals surface area contributed by atoms with Crippen molar-refractivity contribution in [2.75, 3.05) is 0 Å². The summed E-state index contributed by atoms with van der Waals surface area (Å²) in [6.07, 6.45) is 3.81. The standard InChI is InChI=1S/C11H15N3S/c1-8(12)11(10-4-3-7-15-10)14-6-5-13-9(14)2/h3-8,11H,12H2,1-2H3. The van der Waals surface area contributed by atoms with Crippen LogP contribution >= 0.6 is 11.3 Å². The van der Waals surface area contributed by atoms with Crippen molar-refractivity contribution in [1.82, 2.24) is 9.55 Å². The van der Waals surface area contributed by atoms with Gasteiger partial charge in [-0.15, -0.1) is 11.3 Å². The highest BCUT2D eigenvalue weighted by Crippen LogP contribution is 2.26. The molecule has 0 radical (unpaired) electrons. The van der Waals surface area contributed by atoms with E-state index in [1.165, 1.54) is 4.88 Å². The van der Waals surface area contributed by atoms with Gasteiger partial charge in [-0.2, -0.15) is 0 Å². The van der Waals surface area contributed by atoms with Gasteiger partial charge in [-0.05, 0) is 25.3 Å². The van der Waals surface area contributed by atoms with E-state index in [1.807, 2.05) is 26.2 Å². The Balaban J connectivity index is 2.41. The average Bonchev–Trinajstić information content (AvgIpc) is 2.79. The van der Waals surface area contributed by atoms with Gasteiger partial charge in [-0.25, -0.2) is 4.98 Å². The van der Waals surface area contributed by atoms with Gasteiger partial charge in [-0.3, -0.25) is 0 Å². The molecule has 0 aromatic carbocycles. The molecule has 0 fully saturated rings. The van der Waals surface area contributed by atoms with E-state index in [9.17, 15) is 0 Å². The predicted octanol–water partition coefficient (Wildman–Crippen LogP) is 2.19. The molecule has 4 heteroatoms. The van der Waals surface area contributed by atoms with E-state index >= 15 is 0 Å². The van der Waals surface area contributed by atoms with Gasteiger partial charge in [0.15, 0.2) is 0 Å². The molecule has 0 aliphatic heterocycles. The van der Waals surface area contributed by atoms with Crippen molar-refractivity contribution in [3.8, 4) is 0 Å². The van der Waals surface area contributed by atoms with Gasteiger partial charge in [0.05, 0.1) is 6.04 Å². The van der Waals surface area contributed by atoms with E-state index in [4.69, 9.17) is 5.73 Å². The minimum absolute atomic E-state index is 0.0801. The molecule has 2 unspecified atom stereocenters. The second-order valence-corrected chi connectivity index (χ2v) is 4.68. The molecule has 2 N–H and O–H groups in total. The lowest BCUT2D eigenvalue weighted by Crippen LogP contribution is -2.29.